The van der Waals surface area contributed by atoms with Gasteiger partial charge in [-0.25, -0.2) is 4.99 Å². The molecule has 2 rings (SSSR count). The Morgan fingerprint density at radius 1 is 1.04 bits per heavy atom. The first kappa shape index (κ1) is 21.7. The second kappa shape index (κ2) is 11.3. The minimum absolute atomic E-state index is 0.0147. The Morgan fingerprint density at radius 3 is 2.50 bits per heavy atom. The predicted molar refractivity (Wildman–Crippen MR) is 108 cm³/mol. The lowest BCUT2D eigenvalue weighted by atomic mass is 10.0. The molecule has 3 atom stereocenters. The summed E-state index contributed by atoms with van der Waals surface area (Å²) in [6, 6.07) is 0. The van der Waals surface area contributed by atoms with Gasteiger partial charge in [-0.1, -0.05) is 58.3 Å². The summed E-state index contributed by atoms with van der Waals surface area (Å²) in [5, 5.41) is 10.1. The van der Waals surface area contributed by atoms with Crippen LogP contribution in [-0.2, 0) is 9.47 Å². The molecule has 4 nitrogen and oxygen atoms in total. The van der Waals surface area contributed by atoms with Gasteiger partial charge in [-0.15, -0.1) is 0 Å². The molecule has 0 aromatic heterocycles. The minimum atomic E-state index is -0.160. The van der Waals surface area contributed by atoms with E-state index in [4.69, 9.17) is 9.47 Å². The number of aliphatic hydroxyl groups is 1. The first-order valence-corrected chi connectivity index (χ1v) is 11.1. The SMILES string of the molecule is CCCCCCC(O)CC1OC1CCCCCCCC1=NC(C)(C)CO1. The van der Waals surface area contributed by atoms with Crippen LogP contribution in [0.15, 0.2) is 4.99 Å². The zero-order valence-corrected chi connectivity index (χ0v) is 17.3. The van der Waals surface area contributed by atoms with Crippen LogP contribution in [-0.4, -0.2) is 41.5 Å². The van der Waals surface area contributed by atoms with E-state index in [2.05, 4.69) is 25.8 Å². The summed E-state index contributed by atoms with van der Waals surface area (Å²) in [6.07, 6.45) is 15.7. The Kier molecular flexibility index (Phi) is 9.41. The zero-order chi connectivity index (χ0) is 18.8. The van der Waals surface area contributed by atoms with Crippen LogP contribution < -0.4 is 0 Å². The fraction of sp³-hybridized carbons (Fsp3) is 0.955. The van der Waals surface area contributed by atoms with E-state index in [1.807, 2.05) is 0 Å². The number of aliphatic imine (C=N–C) groups is 1. The zero-order valence-electron chi connectivity index (χ0n) is 17.3. The standard InChI is InChI=1S/C22H41NO3/c1-4-5-6-10-13-18(24)16-20-19(26-20)14-11-8-7-9-12-15-21-23-22(2,3)17-25-21/h18-20,24H,4-17H2,1-3H3. The van der Waals surface area contributed by atoms with Gasteiger partial charge in [-0.05, 0) is 33.1 Å². The summed E-state index contributed by atoms with van der Waals surface area (Å²) in [6.45, 7) is 7.20. The molecule has 0 amide bonds. The largest absolute Gasteiger partial charge is 0.478 e. The van der Waals surface area contributed by atoms with Gasteiger partial charge in [0, 0.05) is 12.8 Å². The number of unbranched alkanes of at least 4 members (excludes halogenated alkanes) is 7. The second-order valence-electron chi connectivity index (χ2n) is 8.86. The molecule has 152 valence electrons. The number of epoxide rings is 1. The first-order chi connectivity index (χ1) is 12.5. The molecule has 0 aromatic carbocycles. The van der Waals surface area contributed by atoms with Crippen LogP contribution in [0.1, 0.15) is 104 Å². The molecule has 0 saturated carbocycles. The van der Waals surface area contributed by atoms with E-state index in [9.17, 15) is 5.11 Å². The van der Waals surface area contributed by atoms with Gasteiger partial charge in [0.1, 0.15) is 6.61 Å². The summed E-state index contributed by atoms with van der Waals surface area (Å²) >= 11 is 0. The van der Waals surface area contributed by atoms with Crippen molar-refractivity contribution in [2.24, 2.45) is 4.99 Å². The van der Waals surface area contributed by atoms with Crippen molar-refractivity contribution in [1.29, 1.82) is 0 Å². The molecule has 1 N–H and O–H groups in total. The maximum atomic E-state index is 10.1. The van der Waals surface area contributed by atoms with E-state index in [-0.39, 0.29) is 11.6 Å². The molecular weight excluding hydrogens is 326 g/mol. The third-order valence-electron chi connectivity index (χ3n) is 5.48. The molecule has 2 heterocycles. The molecule has 26 heavy (non-hydrogen) atoms. The molecule has 1 fully saturated rings. The molecule has 2 aliphatic rings. The second-order valence-corrected chi connectivity index (χ2v) is 8.86. The summed E-state index contributed by atoms with van der Waals surface area (Å²) < 4.78 is 11.4. The maximum Gasteiger partial charge on any atom is 0.183 e. The fourth-order valence-corrected chi connectivity index (χ4v) is 3.78. The van der Waals surface area contributed by atoms with Crippen LogP contribution in [0.5, 0.6) is 0 Å². The third-order valence-corrected chi connectivity index (χ3v) is 5.48. The quantitative estimate of drug-likeness (QED) is 0.311. The summed E-state index contributed by atoms with van der Waals surface area (Å²) in [4.78, 5) is 4.60. The van der Waals surface area contributed by atoms with Gasteiger partial charge in [0.15, 0.2) is 5.90 Å². The third kappa shape index (κ3) is 8.85. The molecule has 2 aliphatic heterocycles. The highest BCUT2D eigenvalue weighted by molar-refractivity contribution is 5.78. The van der Waals surface area contributed by atoms with E-state index < -0.39 is 0 Å². The highest BCUT2D eigenvalue weighted by Gasteiger charge is 2.38. The summed E-state index contributed by atoms with van der Waals surface area (Å²) in [5.41, 5.74) is -0.0147. The van der Waals surface area contributed by atoms with Gasteiger partial charge >= 0.3 is 0 Å². The number of hydrogen-bond donors (Lipinski definition) is 1. The van der Waals surface area contributed by atoms with Gasteiger partial charge in [-0.2, -0.15) is 0 Å². The number of nitrogens with zero attached hydrogens (tertiary/aromatic N) is 1. The molecule has 3 unspecified atom stereocenters. The van der Waals surface area contributed by atoms with E-state index >= 15 is 0 Å². The predicted octanol–water partition coefficient (Wildman–Crippen LogP) is 5.41. The Bertz CT molecular complexity index is 422. The van der Waals surface area contributed by atoms with E-state index in [0.717, 1.165) is 44.6 Å². The van der Waals surface area contributed by atoms with Crippen LogP contribution in [0.4, 0.5) is 0 Å². The average molecular weight is 368 g/mol. The molecule has 0 aliphatic carbocycles. The Balaban J connectivity index is 1.37. The monoisotopic (exact) mass is 367 g/mol. The molecule has 1 saturated heterocycles. The molecular formula is C22H41NO3. The van der Waals surface area contributed by atoms with Crippen molar-refractivity contribution in [3.05, 3.63) is 0 Å². The van der Waals surface area contributed by atoms with Crippen LogP contribution in [0, 0.1) is 0 Å². The maximum absolute atomic E-state index is 10.1. The summed E-state index contributed by atoms with van der Waals surface area (Å²) in [5.74, 6) is 0.956. The van der Waals surface area contributed by atoms with Crippen molar-refractivity contribution in [3.63, 3.8) is 0 Å². The lowest BCUT2D eigenvalue weighted by Crippen LogP contribution is -2.17. The van der Waals surface area contributed by atoms with Crippen LogP contribution >= 0.6 is 0 Å². The number of aliphatic hydroxyl groups excluding tert-OH is 1. The highest BCUT2D eigenvalue weighted by atomic mass is 16.6. The Labute approximate surface area is 160 Å². The van der Waals surface area contributed by atoms with E-state index in [1.165, 1.54) is 51.4 Å². The van der Waals surface area contributed by atoms with Crippen LogP contribution in [0.25, 0.3) is 0 Å². The van der Waals surface area contributed by atoms with Gasteiger partial charge in [0.25, 0.3) is 0 Å². The molecule has 0 aromatic rings. The average Bonchev–Trinajstić information content (AvgIpc) is 3.22. The lowest BCUT2D eigenvalue weighted by molar-refractivity contribution is 0.139. The molecule has 4 heteroatoms. The van der Waals surface area contributed by atoms with Crippen molar-refractivity contribution in [2.45, 2.75) is 128 Å². The topological polar surface area (TPSA) is 54.3 Å². The van der Waals surface area contributed by atoms with Crippen molar-refractivity contribution in [1.82, 2.24) is 0 Å². The van der Waals surface area contributed by atoms with Gasteiger partial charge < -0.3 is 14.6 Å². The normalized spacial score (nSPS) is 25.0. The van der Waals surface area contributed by atoms with Crippen molar-refractivity contribution >= 4 is 5.90 Å². The van der Waals surface area contributed by atoms with Crippen molar-refractivity contribution in [2.75, 3.05) is 6.61 Å². The van der Waals surface area contributed by atoms with Crippen molar-refractivity contribution < 1.29 is 14.6 Å². The lowest BCUT2D eigenvalue weighted by Gasteiger charge is -2.08. The van der Waals surface area contributed by atoms with Gasteiger partial charge in [0.05, 0.1) is 23.9 Å². The van der Waals surface area contributed by atoms with Crippen LogP contribution in [0.3, 0.4) is 0 Å². The number of rotatable bonds is 15. The first-order valence-electron chi connectivity index (χ1n) is 11.1. The Hall–Kier alpha value is -0.610. The highest BCUT2D eigenvalue weighted by Crippen LogP contribution is 2.32. The fourth-order valence-electron chi connectivity index (χ4n) is 3.78. The van der Waals surface area contributed by atoms with Gasteiger partial charge in [0.2, 0.25) is 0 Å². The summed E-state index contributed by atoms with van der Waals surface area (Å²) in [7, 11) is 0. The molecule has 0 bridgehead atoms. The van der Waals surface area contributed by atoms with Crippen LogP contribution in [0.2, 0.25) is 0 Å². The Morgan fingerprint density at radius 2 is 1.77 bits per heavy atom. The molecule has 0 radical (unpaired) electrons. The minimum Gasteiger partial charge on any atom is -0.478 e. The van der Waals surface area contributed by atoms with E-state index in [0.29, 0.717) is 12.2 Å². The van der Waals surface area contributed by atoms with Gasteiger partial charge in [-0.3, -0.25) is 0 Å². The molecule has 0 spiro atoms. The number of hydrogen-bond acceptors (Lipinski definition) is 4. The van der Waals surface area contributed by atoms with E-state index in [1.54, 1.807) is 0 Å². The smallest absolute Gasteiger partial charge is 0.183 e. The van der Waals surface area contributed by atoms with Crippen molar-refractivity contribution in [3.8, 4) is 0 Å². The number of ether oxygens (including phenoxy) is 2.